The van der Waals surface area contributed by atoms with Crippen molar-refractivity contribution in [3.05, 3.63) is 118 Å². The van der Waals surface area contributed by atoms with Gasteiger partial charge in [-0.3, -0.25) is 0 Å². The maximum absolute atomic E-state index is 9.30. The lowest BCUT2D eigenvalue weighted by atomic mass is 9.89. The van der Waals surface area contributed by atoms with Crippen LogP contribution in [0.3, 0.4) is 0 Å². The van der Waals surface area contributed by atoms with Crippen molar-refractivity contribution >= 4 is 0 Å². The second-order valence-corrected chi connectivity index (χ2v) is 9.85. The number of nitriles is 1. The molecule has 1 aliphatic rings. The Balaban J connectivity index is 2.36. The molecule has 0 saturated carbocycles. The monoisotopic (exact) mass is 481 g/mol. The van der Waals surface area contributed by atoms with E-state index in [2.05, 4.69) is 88.4 Å². The summed E-state index contributed by atoms with van der Waals surface area (Å²) >= 11 is 0. The molecular formula is C33H43N3. The highest BCUT2D eigenvalue weighted by Gasteiger charge is 2.15. The summed E-state index contributed by atoms with van der Waals surface area (Å²) in [6.45, 7) is 24.1. The zero-order chi connectivity index (χ0) is 26.7. The van der Waals surface area contributed by atoms with Crippen LogP contribution in [-0.4, -0.2) is 6.54 Å². The van der Waals surface area contributed by atoms with E-state index in [4.69, 9.17) is 0 Å². The van der Waals surface area contributed by atoms with Gasteiger partial charge in [-0.05, 0) is 75.8 Å². The smallest absolute Gasteiger partial charge is 0.0994 e. The molecule has 0 amide bonds. The molecule has 0 saturated heterocycles. The molecular weight excluding hydrogens is 438 g/mol. The fraction of sp³-hybridized carbons (Fsp3) is 0.364. The van der Waals surface area contributed by atoms with Crippen molar-refractivity contribution in [2.45, 2.75) is 72.6 Å². The van der Waals surface area contributed by atoms with Gasteiger partial charge < -0.3 is 10.6 Å². The Morgan fingerprint density at radius 2 is 2.00 bits per heavy atom. The van der Waals surface area contributed by atoms with E-state index in [1.54, 1.807) is 0 Å². The summed E-state index contributed by atoms with van der Waals surface area (Å²) in [5, 5.41) is 16.4. The van der Waals surface area contributed by atoms with Gasteiger partial charge >= 0.3 is 0 Å². The molecule has 1 atom stereocenters. The third-order valence-electron chi connectivity index (χ3n) is 6.76. The number of nitrogens with one attached hydrogen (secondary N) is 2. The van der Waals surface area contributed by atoms with Gasteiger partial charge in [-0.25, -0.2) is 0 Å². The highest BCUT2D eigenvalue weighted by Crippen LogP contribution is 2.27. The molecule has 0 bridgehead atoms. The highest BCUT2D eigenvalue weighted by atomic mass is 14.9. The third-order valence-corrected chi connectivity index (χ3v) is 6.76. The summed E-state index contributed by atoms with van der Waals surface area (Å²) < 4.78 is 0. The van der Waals surface area contributed by atoms with Crippen molar-refractivity contribution in [1.82, 2.24) is 10.6 Å². The molecule has 3 heteroatoms. The van der Waals surface area contributed by atoms with Crippen LogP contribution in [0.25, 0.3) is 0 Å². The lowest BCUT2D eigenvalue weighted by Crippen LogP contribution is -2.21. The molecule has 1 aliphatic heterocycles. The first kappa shape index (κ1) is 28.7. The average molecular weight is 482 g/mol. The van der Waals surface area contributed by atoms with Gasteiger partial charge in [0.15, 0.2) is 0 Å². The second kappa shape index (κ2) is 14.1. The molecule has 3 nitrogen and oxygen atoms in total. The van der Waals surface area contributed by atoms with Crippen molar-refractivity contribution in [2.75, 3.05) is 6.54 Å². The predicted octanol–water partition coefficient (Wildman–Crippen LogP) is 8.42. The standard InChI is InChI=1S/C33H43N3/c1-9-11-24(4)33(12-10-2)36-28(8)32-18-14-27(7)35-22-31(15-13-23(3)19-26(32)6)29-16-17-30(21-34)25(5)20-29/h10,14,16-20,31,35-36H,2,7-9,11-13,15,22H2,1,3-6H3/b18-14+,23-19+,32-26+,33-24+. The van der Waals surface area contributed by atoms with Crippen LogP contribution in [0.15, 0.2) is 102 Å². The van der Waals surface area contributed by atoms with Gasteiger partial charge in [0.2, 0.25) is 0 Å². The lowest BCUT2D eigenvalue weighted by molar-refractivity contribution is 0.587. The number of benzene rings is 1. The molecule has 190 valence electrons. The van der Waals surface area contributed by atoms with E-state index >= 15 is 0 Å². The summed E-state index contributed by atoms with van der Waals surface area (Å²) in [5.74, 6) is 0.331. The minimum atomic E-state index is 0.331. The van der Waals surface area contributed by atoms with Gasteiger partial charge in [0, 0.05) is 41.5 Å². The van der Waals surface area contributed by atoms with Crippen LogP contribution >= 0.6 is 0 Å². The van der Waals surface area contributed by atoms with Crippen LogP contribution in [0.4, 0.5) is 0 Å². The maximum atomic E-state index is 9.30. The van der Waals surface area contributed by atoms with Crippen LogP contribution in [0.1, 0.15) is 82.4 Å². The van der Waals surface area contributed by atoms with E-state index in [1.807, 2.05) is 25.1 Å². The SMILES string of the molecule is C=CC/C(NC(=C)C1=C(C)/C=C(\C)CCC(c2ccc(C#N)c(C)c2)CNC(=C)\C=C\1)=C(/C)CCC. The summed E-state index contributed by atoms with van der Waals surface area (Å²) in [6.07, 6.45) is 13.3. The van der Waals surface area contributed by atoms with Crippen LogP contribution in [0, 0.1) is 18.3 Å². The Bertz CT molecular complexity index is 1150. The Morgan fingerprint density at radius 1 is 1.25 bits per heavy atom. The molecule has 0 aliphatic carbocycles. The van der Waals surface area contributed by atoms with E-state index in [1.165, 1.54) is 28.0 Å². The molecule has 2 N–H and O–H groups in total. The molecule has 1 aromatic rings. The molecule has 2 rings (SSSR count). The molecule has 36 heavy (non-hydrogen) atoms. The predicted molar refractivity (Wildman–Crippen MR) is 155 cm³/mol. The molecule has 0 spiro atoms. The number of nitrogens with zero attached hydrogens (tertiary/aromatic N) is 1. The molecule has 0 aromatic heterocycles. The van der Waals surface area contributed by atoms with Gasteiger partial charge in [0.25, 0.3) is 0 Å². The minimum Gasteiger partial charge on any atom is -0.385 e. The third kappa shape index (κ3) is 8.31. The summed E-state index contributed by atoms with van der Waals surface area (Å²) in [6, 6.07) is 8.46. The van der Waals surface area contributed by atoms with Gasteiger partial charge in [0.1, 0.15) is 0 Å². The van der Waals surface area contributed by atoms with Crippen LogP contribution in [0.2, 0.25) is 0 Å². The molecule has 1 aromatic carbocycles. The van der Waals surface area contributed by atoms with Gasteiger partial charge in [-0.15, -0.1) is 6.58 Å². The van der Waals surface area contributed by atoms with E-state index in [0.29, 0.717) is 5.92 Å². The first-order valence-corrected chi connectivity index (χ1v) is 12.9. The molecule has 1 unspecified atom stereocenters. The first-order valence-electron chi connectivity index (χ1n) is 12.9. The number of aryl methyl sites for hydroxylation is 1. The van der Waals surface area contributed by atoms with E-state index < -0.39 is 0 Å². The Kier molecular flexibility index (Phi) is 11.3. The Labute approximate surface area is 219 Å². The average Bonchev–Trinajstić information content (AvgIpc) is 2.83. The fourth-order valence-electron chi connectivity index (χ4n) is 4.59. The largest absolute Gasteiger partial charge is 0.385 e. The maximum Gasteiger partial charge on any atom is 0.0994 e. The quantitative estimate of drug-likeness (QED) is 0.366. The second-order valence-electron chi connectivity index (χ2n) is 9.85. The molecule has 1 heterocycles. The zero-order valence-electron chi connectivity index (χ0n) is 22.9. The Morgan fingerprint density at radius 3 is 2.64 bits per heavy atom. The Hall–Kier alpha value is -3.51. The minimum absolute atomic E-state index is 0.331. The number of allylic oxidation sites excluding steroid dienone is 7. The van der Waals surface area contributed by atoms with E-state index in [-0.39, 0.29) is 0 Å². The highest BCUT2D eigenvalue weighted by molar-refractivity contribution is 5.48. The molecule has 0 radical (unpaired) electrons. The fourth-order valence-corrected chi connectivity index (χ4v) is 4.59. The van der Waals surface area contributed by atoms with E-state index in [0.717, 1.165) is 66.7 Å². The zero-order valence-corrected chi connectivity index (χ0v) is 22.9. The summed E-state index contributed by atoms with van der Waals surface area (Å²) in [5.41, 5.74) is 10.9. The summed E-state index contributed by atoms with van der Waals surface area (Å²) in [7, 11) is 0. The van der Waals surface area contributed by atoms with Crippen molar-refractivity contribution in [2.24, 2.45) is 0 Å². The summed E-state index contributed by atoms with van der Waals surface area (Å²) in [4.78, 5) is 0. The molecule has 0 fully saturated rings. The van der Waals surface area contributed by atoms with Crippen LogP contribution in [-0.2, 0) is 0 Å². The van der Waals surface area contributed by atoms with Crippen molar-refractivity contribution in [3.63, 3.8) is 0 Å². The van der Waals surface area contributed by atoms with Gasteiger partial charge in [-0.2, -0.15) is 5.26 Å². The number of rotatable bonds is 8. The van der Waals surface area contributed by atoms with Crippen LogP contribution < -0.4 is 10.6 Å². The topological polar surface area (TPSA) is 47.9 Å². The normalized spacial score (nSPS) is 21.9. The van der Waals surface area contributed by atoms with Crippen molar-refractivity contribution in [3.8, 4) is 6.07 Å². The van der Waals surface area contributed by atoms with Gasteiger partial charge in [0.05, 0.1) is 11.6 Å². The van der Waals surface area contributed by atoms with E-state index in [9.17, 15) is 5.26 Å². The van der Waals surface area contributed by atoms with Crippen molar-refractivity contribution < 1.29 is 0 Å². The van der Waals surface area contributed by atoms with Crippen molar-refractivity contribution in [1.29, 1.82) is 5.26 Å². The number of hydrogen-bond acceptors (Lipinski definition) is 3. The van der Waals surface area contributed by atoms with Crippen LogP contribution in [0.5, 0.6) is 0 Å². The number of hydrogen-bond donors (Lipinski definition) is 2. The lowest BCUT2D eigenvalue weighted by Gasteiger charge is -2.21. The first-order chi connectivity index (χ1) is 17.2. The van der Waals surface area contributed by atoms with Gasteiger partial charge in [-0.1, -0.05) is 68.0 Å².